The summed E-state index contributed by atoms with van der Waals surface area (Å²) in [5, 5.41) is 5.85. The third-order valence-corrected chi connectivity index (χ3v) is 5.69. The fraction of sp³-hybridized carbons (Fsp3) is 0.812. The van der Waals surface area contributed by atoms with Crippen molar-refractivity contribution in [2.24, 2.45) is 0 Å². The summed E-state index contributed by atoms with van der Waals surface area (Å²) >= 11 is 1.69. The van der Waals surface area contributed by atoms with Gasteiger partial charge in [0.2, 0.25) is 0 Å². The van der Waals surface area contributed by atoms with Crippen molar-refractivity contribution in [3.8, 4) is 0 Å². The highest BCUT2D eigenvalue weighted by atomic mass is 32.1. The van der Waals surface area contributed by atoms with Gasteiger partial charge in [-0.1, -0.05) is 25.7 Å². The van der Waals surface area contributed by atoms with Gasteiger partial charge in [-0.15, -0.1) is 11.3 Å². The van der Waals surface area contributed by atoms with Gasteiger partial charge in [-0.05, 0) is 38.8 Å². The highest BCUT2D eigenvalue weighted by Gasteiger charge is 2.37. The Balaban J connectivity index is 1.59. The van der Waals surface area contributed by atoms with E-state index in [1.807, 2.05) is 5.51 Å². The smallest absolute Gasteiger partial charge is 0.0795 e. The van der Waals surface area contributed by atoms with Gasteiger partial charge in [0.15, 0.2) is 0 Å². The van der Waals surface area contributed by atoms with Gasteiger partial charge >= 0.3 is 0 Å². The molecule has 1 N–H and O–H groups in total. The van der Waals surface area contributed by atoms with E-state index in [-0.39, 0.29) is 0 Å². The average Bonchev–Trinajstić information content (AvgIpc) is 3.02. The second kappa shape index (κ2) is 7.01. The minimum atomic E-state index is 0.439. The molecule has 112 valence electrons. The van der Waals surface area contributed by atoms with Gasteiger partial charge < -0.3 is 5.32 Å². The quantitative estimate of drug-likeness (QED) is 0.901. The molecule has 2 fully saturated rings. The van der Waals surface area contributed by atoms with Crippen molar-refractivity contribution in [2.45, 2.75) is 63.5 Å². The molecule has 1 aliphatic heterocycles. The number of hydrogen-bond donors (Lipinski definition) is 1. The molecule has 0 unspecified atom stereocenters. The monoisotopic (exact) mass is 293 g/mol. The zero-order chi connectivity index (χ0) is 13.7. The molecule has 1 aromatic heterocycles. The Hall–Kier alpha value is -0.450. The van der Waals surface area contributed by atoms with E-state index in [4.69, 9.17) is 0 Å². The van der Waals surface area contributed by atoms with E-state index < -0.39 is 0 Å². The lowest BCUT2D eigenvalue weighted by molar-refractivity contribution is 0.0332. The average molecular weight is 293 g/mol. The van der Waals surface area contributed by atoms with Crippen LogP contribution in [0.5, 0.6) is 0 Å². The molecule has 2 aliphatic rings. The topological polar surface area (TPSA) is 28.2 Å². The van der Waals surface area contributed by atoms with Crippen LogP contribution in [0.25, 0.3) is 0 Å². The van der Waals surface area contributed by atoms with Crippen LogP contribution in [0.2, 0.25) is 0 Å². The Morgan fingerprint density at radius 2 is 1.85 bits per heavy atom. The second-order valence-corrected chi connectivity index (χ2v) is 7.13. The summed E-state index contributed by atoms with van der Waals surface area (Å²) in [6.45, 7) is 4.71. The summed E-state index contributed by atoms with van der Waals surface area (Å²) in [5.74, 6) is 0. The molecular weight excluding hydrogens is 266 g/mol. The molecular formula is C16H27N3S. The van der Waals surface area contributed by atoms with Crippen molar-refractivity contribution in [3.63, 3.8) is 0 Å². The lowest BCUT2D eigenvalue weighted by atomic mass is 9.79. The lowest BCUT2D eigenvalue weighted by Crippen LogP contribution is -2.57. The van der Waals surface area contributed by atoms with Gasteiger partial charge in [-0.25, -0.2) is 4.98 Å². The molecule has 0 amide bonds. The number of nitrogens with zero attached hydrogens (tertiary/aromatic N) is 2. The van der Waals surface area contributed by atoms with Crippen LogP contribution in [0, 0.1) is 0 Å². The van der Waals surface area contributed by atoms with Gasteiger partial charge in [0.1, 0.15) is 0 Å². The van der Waals surface area contributed by atoms with E-state index in [0.717, 1.165) is 13.1 Å². The van der Waals surface area contributed by atoms with Crippen LogP contribution in [0.3, 0.4) is 0 Å². The molecule has 2 heterocycles. The Morgan fingerprint density at radius 3 is 2.55 bits per heavy atom. The minimum Gasteiger partial charge on any atom is -0.309 e. The summed E-state index contributed by atoms with van der Waals surface area (Å²) in [4.78, 5) is 7.19. The van der Waals surface area contributed by atoms with Crippen LogP contribution >= 0.6 is 11.3 Å². The van der Waals surface area contributed by atoms with Crippen LogP contribution in [0.1, 0.15) is 57.1 Å². The first-order chi connectivity index (χ1) is 9.89. The van der Waals surface area contributed by atoms with E-state index in [1.165, 1.54) is 70.2 Å². The Morgan fingerprint density at radius 1 is 1.10 bits per heavy atom. The van der Waals surface area contributed by atoms with Gasteiger partial charge in [0.25, 0.3) is 0 Å². The molecule has 0 atom stereocenters. The zero-order valence-corrected chi connectivity index (χ0v) is 13.3. The zero-order valence-electron chi connectivity index (χ0n) is 12.4. The summed E-state index contributed by atoms with van der Waals surface area (Å²) in [5.41, 5.74) is 3.56. The van der Waals surface area contributed by atoms with E-state index in [9.17, 15) is 0 Å². The predicted octanol–water partition coefficient (Wildman–Crippen LogP) is 3.42. The van der Waals surface area contributed by atoms with Gasteiger partial charge in [0, 0.05) is 24.0 Å². The third-order valence-electron chi connectivity index (χ3n) is 5.05. The van der Waals surface area contributed by atoms with Crippen LogP contribution in [-0.2, 0) is 6.54 Å². The molecule has 1 aromatic rings. The molecule has 0 spiro atoms. The van der Waals surface area contributed by atoms with Crippen LogP contribution < -0.4 is 5.32 Å². The highest BCUT2D eigenvalue weighted by Crippen LogP contribution is 2.35. The number of thiazole rings is 1. The number of aromatic nitrogens is 1. The molecule has 3 rings (SSSR count). The number of likely N-dealkylation sites (tertiary alicyclic amines) is 1. The summed E-state index contributed by atoms with van der Waals surface area (Å²) in [6.07, 6.45) is 11.3. The van der Waals surface area contributed by atoms with Gasteiger partial charge in [-0.2, -0.15) is 0 Å². The molecule has 1 aliphatic carbocycles. The number of rotatable bonds is 5. The maximum Gasteiger partial charge on any atom is 0.0795 e. The van der Waals surface area contributed by atoms with Crippen molar-refractivity contribution < 1.29 is 0 Å². The van der Waals surface area contributed by atoms with Crippen LogP contribution in [0.4, 0.5) is 0 Å². The summed E-state index contributed by atoms with van der Waals surface area (Å²) in [6, 6.07) is 0. The van der Waals surface area contributed by atoms with Gasteiger partial charge in [-0.3, -0.25) is 4.90 Å². The molecule has 1 saturated heterocycles. The van der Waals surface area contributed by atoms with E-state index in [1.54, 1.807) is 11.3 Å². The van der Waals surface area contributed by atoms with Gasteiger partial charge in [0.05, 0.1) is 11.2 Å². The molecule has 20 heavy (non-hydrogen) atoms. The van der Waals surface area contributed by atoms with Crippen molar-refractivity contribution >= 4 is 11.3 Å². The largest absolute Gasteiger partial charge is 0.309 e. The molecule has 0 bridgehead atoms. The standard InChI is InChI=1S/C16H27N3S/c1-3-7-16(8-4-1,19-9-5-2-6-10-19)13-17-11-15-12-20-14-18-15/h12,14,17H,1-11,13H2. The molecule has 0 aromatic carbocycles. The normalized spacial score (nSPS) is 23.8. The fourth-order valence-corrected chi connectivity index (χ4v) is 4.49. The molecule has 0 radical (unpaired) electrons. The maximum atomic E-state index is 4.38. The van der Waals surface area contributed by atoms with E-state index >= 15 is 0 Å². The molecule has 4 heteroatoms. The molecule has 1 saturated carbocycles. The fourth-order valence-electron chi connectivity index (χ4n) is 3.93. The van der Waals surface area contributed by atoms with Crippen LogP contribution in [-0.4, -0.2) is 35.1 Å². The minimum absolute atomic E-state index is 0.439. The lowest BCUT2D eigenvalue weighted by Gasteiger charge is -2.48. The summed E-state index contributed by atoms with van der Waals surface area (Å²) < 4.78 is 0. The Bertz CT molecular complexity index is 378. The van der Waals surface area contributed by atoms with Crippen molar-refractivity contribution in [2.75, 3.05) is 19.6 Å². The second-order valence-electron chi connectivity index (χ2n) is 6.42. The number of nitrogens with one attached hydrogen (secondary N) is 1. The third kappa shape index (κ3) is 3.41. The van der Waals surface area contributed by atoms with Crippen molar-refractivity contribution in [1.29, 1.82) is 0 Å². The summed E-state index contributed by atoms with van der Waals surface area (Å²) in [7, 11) is 0. The maximum absolute atomic E-state index is 4.38. The highest BCUT2D eigenvalue weighted by molar-refractivity contribution is 7.07. The van der Waals surface area contributed by atoms with Crippen molar-refractivity contribution in [1.82, 2.24) is 15.2 Å². The van der Waals surface area contributed by atoms with E-state index in [2.05, 4.69) is 20.6 Å². The van der Waals surface area contributed by atoms with Crippen molar-refractivity contribution in [3.05, 3.63) is 16.6 Å². The van der Waals surface area contributed by atoms with Crippen LogP contribution in [0.15, 0.2) is 10.9 Å². The molecule has 3 nitrogen and oxygen atoms in total. The van der Waals surface area contributed by atoms with E-state index in [0.29, 0.717) is 5.54 Å². The number of piperidine rings is 1. The first kappa shape index (κ1) is 14.5. The first-order valence-electron chi connectivity index (χ1n) is 8.22. The first-order valence-corrected chi connectivity index (χ1v) is 9.16. The Labute approximate surface area is 126 Å². The predicted molar refractivity (Wildman–Crippen MR) is 85.1 cm³/mol. The SMILES string of the molecule is c1nc(CNCC2(N3CCCCC3)CCCCC2)cs1. The Kier molecular flexibility index (Phi) is 5.08. The number of hydrogen-bond acceptors (Lipinski definition) is 4.